The smallest absolute Gasteiger partial charge is 0.0124 e. The van der Waals surface area contributed by atoms with Gasteiger partial charge in [-0.2, -0.15) is 0 Å². The summed E-state index contributed by atoms with van der Waals surface area (Å²) >= 11 is 0. The van der Waals surface area contributed by atoms with Crippen molar-refractivity contribution in [3.05, 3.63) is 76.4 Å². The van der Waals surface area contributed by atoms with E-state index in [9.17, 15) is 0 Å². The molecule has 1 unspecified atom stereocenters. The van der Waals surface area contributed by atoms with Gasteiger partial charge >= 0.3 is 0 Å². The van der Waals surface area contributed by atoms with Crippen LogP contribution >= 0.6 is 0 Å². The van der Waals surface area contributed by atoms with E-state index in [1.54, 1.807) is 0 Å². The first-order valence-corrected chi connectivity index (χ1v) is 7.97. The summed E-state index contributed by atoms with van der Waals surface area (Å²) in [4.78, 5) is 0. The lowest BCUT2D eigenvalue weighted by Gasteiger charge is -2.23. The van der Waals surface area contributed by atoms with E-state index in [0.29, 0.717) is 5.92 Å². The molecule has 0 saturated heterocycles. The Morgan fingerprint density at radius 2 is 1.62 bits per heavy atom. The van der Waals surface area contributed by atoms with Crippen LogP contribution in [-0.4, -0.2) is 0 Å². The largest absolute Gasteiger partial charge is 0.0801 e. The van der Waals surface area contributed by atoms with Crippen LogP contribution in [0.5, 0.6) is 0 Å². The quantitative estimate of drug-likeness (QED) is 0.634. The summed E-state index contributed by atoms with van der Waals surface area (Å²) in [5.41, 5.74) is 8.57. The average molecular weight is 276 g/mol. The summed E-state index contributed by atoms with van der Waals surface area (Å²) < 4.78 is 0. The first kappa shape index (κ1) is 14.1. The van der Waals surface area contributed by atoms with Gasteiger partial charge < -0.3 is 0 Å². The SMILES string of the molecule is Cc1ccc(C2CC=C(c3ccc(C)c(C)c3)CC2)cc1. The summed E-state index contributed by atoms with van der Waals surface area (Å²) in [6.07, 6.45) is 6.09. The molecule has 0 nitrogen and oxygen atoms in total. The summed E-state index contributed by atoms with van der Waals surface area (Å²) in [5, 5.41) is 0. The molecule has 2 aromatic carbocycles. The van der Waals surface area contributed by atoms with Gasteiger partial charge in [0.2, 0.25) is 0 Å². The molecule has 3 rings (SSSR count). The fourth-order valence-electron chi connectivity index (χ4n) is 3.18. The van der Waals surface area contributed by atoms with Crippen LogP contribution in [0, 0.1) is 20.8 Å². The number of rotatable bonds is 2. The molecule has 0 N–H and O–H groups in total. The Kier molecular flexibility index (Phi) is 3.96. The summed E-state index contributed by atoms with van der Waals surface area (Å²) in [6.45, 7) is 6.54. The summed E-state index contributed by atoms with van der Waals surface area (Å²) in [7, 11) is 0. The summed E-state index contributed by atoms with van der Waals surface area (Å²) in [5.74, 6) is 0.695. The third-order valence-electron chi connectivity index (χ3n) is 4.84. The highest BCUT2D eigenvalue weighted by Gasteiger charge is 2.17. The maximum Gasteiger partial charge on any atom is -0.0124 e. The van der Waals surface area contributed by atoms with Crippen LogP contribution in [0.4, 0.5) is 0 Å². The number of benzene rings is 2. The Hall–Kier alpha value is -1.82. The van der Waals surface area contributed by atoms with E-state index >= 15 is 0 Å². The van der Waals surface area contributed by atoms with Crippen molar-refractivity contribution in [1.29, 1.82) is 0 Å². The molecule has 1 aliphatic carbocycles. The Labute approximate surface area is 128 Å². The highest BCUT2D eigenvalue weighted by atomic mass is 14.2. The molecular formula is C21H24. The molecule has 0 amide bonds. The third-order valence-corrected chi connectivity index (χ3v) is 4.84. The van der Waals surface area contributed by atoms with Gasteiger partial charge in [0.25, 0.3) is 0 Å². The molecule has 108 valence electrons. The Morgan fingerprint density at radius 3 is 2.24 bits per heavy atom. The monoisotopic (exact) mass is 276 g/mol. The Bertz CT molecular complexity index is 659. The molecule has 0 aliphatic heterocycles. The highest BCUT2D eigenvalue weighted by molar-refractivity contribution is 5.67. The van der Waals surface area contributed by atoms with E-state index in [1.807, 2.05) is 0 Å². The molecule has 0 heterocycles. The summed E-state index contributed by atoms with van der Waals surface area (Å²) in [6, 6.07) is 15.9. The fourth-order valence-corrected chi connectivity index (χ4v) is 3.18. The zero-order chi connectivity index (χ0) is 14.8. The van der Waals surface area contributed by atoms with E-state index in [2.05, 4.69) is 69.3 Å². The second kappa shape index (κ2) is 5.89. The van der Waals surface area contributed by atoms with Crippen LogP contribution in [0.25, 0.3) is 5.57 Å². The maximum absolute atomic E-state index is 2.46. The maximum atomic E-state index is 2.46. The van der Waals surface area contributed by atoms with Gasteiger partial charge in [-0.1, -0.05) is 54.1 Å². The van der Waals surface area contributed by atoms with Crippen LogP contribution in [0.15, 0.2) is 48.5 Å². The number of hydrogen-bond donors (Lipinski definition) is 0. The normalized spacial score (nSPS) is 18.4. The molecule has 1 atom stereocenters. The second-order valence-corrected chi connectivity index (χ2v) is 6.41. The van der Waals surface area contributed by atoms with E-state index in [-0.39, 0.29) is 0 Å². The molecule has 0 aromatic heterocycles. The van der Waals surface area contributed by atoms with Gasteiger partial charge in [0.15, 0.2) is 0 Å². The van der Waals surface area contributed by atoms with Crippen molar-refractivity contribution in [2.24, 2.45) is 0 Å². The molecule has 0 radical (unpaired) electrons. The van der Waals surface area contributed by atoms with E-state index < -0.39 is 0 Å². The molecule has 1 aliphatic rings. The number of aryl methyl sites for hydroxylation is 3. The van der Waals surface area contributed by atoms with E-state index in [4.69, 9.17) is 0 Å². The molecular weight excluding hydrogens is 252 g/mol. The predicted molar refractivity (Wildman–Crippen MR) is 91.7 cm³/mol. The zero-order valence-corrected chi connectivity index (χ0v) is 13.3. The van der Waals surface area contributed by atoms with Crippen molar-refractivity contribution in [3.63, 3.8) is 0 Å². The molecule has 0 fully saturated rings. The zero-order valence-electron chi connectivity index (χ0n) is 13.3. The van der Waals surface area contributed by atoms with Crippen molar-refractivity contribution in [1.82, 2.24) is 0 Å². The second-order valence-electron chi connectivity index (χ2n) is 6.41. The first-order valence-electron chi connectivity index (χ1n) is 7.97. The number of allylic oxidation sites excluding steroid dienone is 2. The van der Waals surface area contributed by atoms with Crippen LogP contribution in [0.1, 0.15) is 53.0 Å². The van der Waals surface area contributed by atoms with Crippen molar-refractivity contribution in [3.8, 4) is 0 Å². The molecule has 0 spiro atoms. The molecule has 2 aromatic rings. The lowest BCUT2D eigenvalue weighted by Crippen LogP contribution is -2.04. The number of hydrogen-bond acceptors (Lipinski definition) is 0. The van der Waals surface area contributed by atoms with Gasteiger partial charge in [-0.25, -0.2) is 0 Å². The van der Waals surface area contributed by atoms with Crippen LogP contribution in [-0.2, 0) is 0 Å². The van der Waals surface area contributed by atoms with Gasteiger partial charge in [-0.15, -0.1) is 0 Å². The van der Waals surface area contributed by atoms with Crippen molar-refractivity contribution in [2.45, 2.75) is 46.0 Å². The fraction of sp³-hybridized carbons (Fsp3) is 0.333. The lowest BCUT2D eigenvalue weighted by atomic mass is 9.82. The van der Waals surface area contributed by atoms with E-state index in [1.165, 1.54) is 52.7 Å². The van der Waals surface area contributed by atoms with Crippen LogP contribution in [0.2, 0.25) is 0 Å². The average Bonchev–Trinajstić information content (AvgIpc) is 2.51. The van der Waals surface area contributed by atoms with Crippen molar-refractivity contribution in [2.75, 3.05) is 0 Å². The van der Waals surface area contributed by atoms with Crippen molar-refractivity contribution < 1.29 is 0 Å². The van der Waals surface area contributed by atoms with Gasteiger partial charge in [-0.05, 0) is 73.8 Å². The Morgan fingerprint density at radius 1 is 0.857 bits per heavy atom. The lowest BCUT2D eigenvalue weighted by molar-refractivity contribution is 0.625. The van der Waals surface area contributed by atoms with E-state index in [0.717, 1.165) is 0 Å². The minimum atomic E-state index is 0.695. The minimum Gasteiger partial charge on any atom is -0.0801 e. The highest BCUT2D eigenvalue weighted by Crippen LogP contribution is 2.36. The molecule has 0 saturated carbocycles. The van der Waals surface area contributed by atoms with Gasteiger partial charge in [0.05, 0.1) is 0 Å². The molecule has 0 heteroatoms. The first-order chi connectivity index (χ1) is 10.1. The minimum absolute atomic E-state index is 0.695. The molecule has 21 heavy (non-hydrogen) atoms. The third kappa shape index (κ3) is 3.10. The predicted octanol–water partition coefficient (Wildman–Crippen LogP) is 5.96. The van der Waals surface area contributed by atoms with Gasteiger partial charge in [0, 0.05) is 0 Å². The standard InChI is InChI=1S/C21H24/c1-15-4-7-18(8-5-15)19-10-12-20(13-11-19)21-9-6-16(2)17(3)14-21/h4-9,12,14,19H,10-11,13H2,1-3H3. The topological polar surface area (TPSA) is 0 Å². The Balaban J connectivity index is 1.77. The van der Waals surface area contributed by atoms with Crippen LogP contribution in [0.3, 0.4) is 0 Å². The molecule has 0 bridgehead atoms. The van der Waals surface area contributed by atoms with Gasteiger partial charge in [-0.3, -0.25) is 0 Å². The van der Waals surface area contributed by atoms with Crippen LogP contribution < -0.4 is 0 Å². The van der Waals surface area contributed by atoms with Gasteiger partial charge in [0.1, 0.15) is 0 Å². The van der Waals surface area contributed by atoms with Crippen molar-refractivity contribution >= 4 is 5.57 Å².